The fraction of sp³-hybridized carbons (Fsp3) is 0.0893. The molecule has 0 fully saturated rings. The van der Waals surface area contributed by atoms with Gasteiger partial charge in [0.25, 0.3) is 0 Å². The molecule has 0 bridgehead atoms. The topological polar surface area (TPSA) is 53.5 Å². The highest BCUT2D eigenvalue weighted by Crippen LogP contribution is 2.37. The number of fused-ring (bicyclic) bond motifs is 9. The summed E-state index contributed by atoms with van der Waals surface area (Å²) in [6.07, 6.45) is 8.41. The SMILES string of the molecule is CC(Cc1ccc(-n2c3ccccc3c3ncccc32)cc1)(Cc1ccc(-n2c3ccccc3c3ncccc32)cc1)Cc1ccc(-n2c3ccccc3c3ncccc32)cc1. The predicted molar refractivity (Wildman–Crippen MR) is 255 cm³/mol. The van der Waals surface area contributed by atoms with Crippen LogP contribution in [0, 0.1) is 5.41 Å². The van der Waals surface area contributed by atoms with E-state index in [-0.39, 0.29) is 5.41 Å². The van der Waals surface area contributed by atoms with Crippen molar-refractivity contribution in [2.75, 3.05) is 0 Å². The van der Waals surface area contributed by atoms with E-state index in [0.29, 0.717) is 0 Å². The van der Waals surface area contributed by atoms with Crippen LogP contribution < -0.4 is 0 Å². The van der Waals surface area contributed by atoms with Gasteiger partial charge in [0, 0.05) is 51.8 Å². The van der Waals surface area contributed by atoms with E-state index in [1.54, 1.807) is 0 Å². The van der Waals surface area contributed by atoms with Crippen LogP contribution in [0.4, 0.5) is 0 Å². The number of benzene rings is 6. The van der Waals surface area contributed by atoms with Crippen molar-refractivity contribution in [2.24, 2.45) is 5.41 Å². The molecule has 6 heterocycles. The number of rotatable bonds is 9. The van der Waals surface area contributed by atoms with Gasteiger partial charge in [-0.1, -0.05) is 97.9 Å². The highest BCUT2D eigenvalue weighted by molar-refractivity contribution is 6.08. The van der Waals surface area contributed by atoms with Crippen molar-refractivity contribution >= 4 is 65.8 Å². The molecular weight excluding hydrogens is 757 g/mol. The van der Waals surface area contributed by atoms with Crippen LogP contribution >= 0.6 is 0 Å². The maximum atomic E-state index is 4.77. The first-order valence-electron chi connectivity index (χ1n) is 21.4. The van der Waals surface area contributed by atoms with Gasteiger partial charge in [-0.15, -0.1) is 0 Å². The third-order valence-electron chi connectivity index (χ3n) is 12.8. The Balaban J connectivity index is 0.896. The first-order chi connectivity index (χ1) is 30.6. The molecule has 6 heteroatoms. The van der Waals surface area contributed by atoms with E-state index in [4.69, 9.17) is 15.0 Å². The first-order valence-corrected chi connectivity index (χ1v) is 21.4. The minimum Gasteiger partial charge on any atom is -0.308 e. The molecule has 12 aromatic rings. The Bertz CT molecular complexity index is 3070. The molecule has 0 radical (unpaired) electrons. The number of nitrogens with zero attached hydrogens (tertiary/aromatic N) is 6. The lowest BCUT2D eigenvalue weighted by atomic mass is 9.74. The molecule has 0 amide bonds. The van der Waals surface area contributed by atoms with E-state index < -0.39 is 0 Å². The van der Waals surface area contributed by atoms with Crippen LogP contribution in [-0.4, -0.2) is 28.7 Å². The van der Waals surface area contributed by atoms with Gasteiger partial charge in [-0.2, -0.15) is 0 Å². The van der Waals surface area contributed by atoms with Crippen molar-refractivity contribution in [3.05, 3.63) is 217 Å². The Labute approximate surface area is 359 Å². The molecular formula is C56H42N6. The van der Waals surface area contributed by atoms with Gasteiger partial charge in [0.05, 0.1) is 49.7 Å². The highest BCUT2D eigenvalue weighted by atomic mass is 15.0. The summed E-state index contributed by atoms with van der Waals surface area (Å²) in [4.78, 5) is 14.3. The molecule has 12 rings (SSSR count). The number of para-hydroxylation sites is 3. The van der Waals surface area contributed by atoms with E-state index in [2.05, 4.69) is 184 Å². The molecule has 0 saturated carbocycles. The summed E-state index contributed by atoms with van der Waals surface area (Å²) < 4.78 is 7.01. The summed E-state index contributed by atoms with van der Waals surface area (Å²) in [5.41, 5.74) is 17.2. The Morgan fingerprint density at radius 3 is 0.903 bits per heavy atom. The van der Waals surface area contributed by atoms with Crippen LogP contribution in [0.3, 0.4) is 0 Å². The zero-order chi connectivity index (χ0) is 41.2. The molecule has 0 spiro atoms. The zero-order valence-corrected chi connectivity index (χ0v) is 34.4. The van der Waals surface area contributed by atoms with Crippen molar-refractivity contribution in [1.82, 2.24) is 28.7 Å². The summed E-state index contributed by atoms with van der Waals surface area (Å²) in [6.45, 7) is 2.46. The molecule has 6 nitrogen and oxygen atoms in total. The number of aromatic nitrogens is 6. The molecule has 296 valence electrons. The maximum Gasteiger partial charge on any atom is 0.0963 e. The van der Waals surface area contributed by atoms with E-state index in [1.165, 1.54) is 49.4 Å². The van der Waals surface area contributed by atoms with Crippen LogP contribution in [0.5, 0.6) is 0 Å². The second-order valence-corrected chi connectivity index (χ2v) is 17.0. The summed E-state index contributed by atoms with van der Waals surface area (Å²) in [5.74, 6) is 0. The second-order valence-electron chi connectivity index (χ2n) is 17.0. The van der Waals surface area contributed by atoms with Crippen molar-refractivity contribution in [3.63, 3.8) is 0 Å². The van der Waals surface area contributed by atoms with Crippen LogP contribution in [0.15, 0.2) is 201 Å². The monoisotopic (exact) mass is 798 g/mol. The normalized spacial score (nSPS) is 12.1. The lowest BCUT2D eigenvalue weighted by molar-refractivity contribution is 0.316. The lowest BCUT2D eigenvalue weighted by Crippen LogP contribution is -2.26. The fourth-order valence-electron chi connectivity index (χ4n) is 10.1. The molecule has 0 unspecified atom stereocenters. The number of pyridine rings is 3. The molecule has 0 aliphatic rings. The third kappa shape index (κ3) is 5.98. The average Bonchev–Trinajstić information content (AvgIpc) is 3.96. The summed E-state index contributed by atoms with van der Waals surface area (Å²) >= 11 is 0. The molecule has 62 heavy (non-hydrogen) atoms. The molecule has 6 aromatic heterocycles. The van der Waals surface area contributed by atoms with Gasteiger partial charge in [0.1, 0.15) is 0 Å². The Morgan fingerprint density at radius 1 is 0.323 bits per heavy atom. The minimum atomic E-state index is -0.0885. The van der Waals surface area contributed by atoms with Gasteiger partial charge in [0.2, 0.25) is 0 Å². The van der Waals surface area contributed by atoms with Crippen molar-refractivity contribution in [1.29, 1.82) is 0 Å². The summed E-state index contributed by atoms with van der Waals surface area (Å²) in [5, 5.41) is 3.50. The van der Waals surface area contributed by atoms with Gasteiger partial charge in [0.15, 0.2) is 0 Å². The summed E-state index contributed by atoms with van der Waals surface area (Å²) in [6, 6.07) is 65.8. The van der Waals surface area contributed by atoms with Gasteiger partial charge < -0.3 is 13.7 Å². The minimum absolute atomic E-state index is 0.0885. The molecule has 0 saturated heterocycles. The summed E-state index contributed by atoms with van der Waals surface area (Å²) in [7, 11) is 0. The molecule has 0 aliphatic heterocycles. The molecule has 6 aromatic carbocycles. The second kappa shape index (κ2) is 14.4. The number of hydrogen-bond acceptors (Lipinski definition) is 3. The molecule has 0 atom stereocenters. The maximum absolute atomic E-state index is 4.77. The van der Waals surface area contributed by atoms with Crippen molar-refractivity contribution < 1.29 is 0 Å². The average molecular weight is 799 g/mol. The molecule has 0 N–H and O–H groups in total. The predicted octanol–water partition coefficient (Wildman–Crippen LogP) is 13.2. The van der Waals surface area contributed by atoms with Crippen LogP contribution in [0.1, 0.15) is 23.6 Å². The standard InChI is InChI=1S/C56H42N6/c1-56(35-38-20-26-41(27-21-38)60-47-14-5-2-11-44(47)53-50(60)17-8-32-57-53,36-39-22-28-42(29-23-39)61-48-15-6-3-12-45(48)54-51(61)18-9-33-58-54)37-40-24-30-43(31-25-40)62-49-16-7-4-13-46(49)55-52(62)19-10-34-59-55/h2-34H,35-37H2,1H3. The molecule has 0 aliphatic carbocycles. The van der Waals surface area contributed by atoms with E-state index in [1.807, 2.05) is 36.8 Å². The van der Waals surface area contributed by atoms with Crippen LogP contribution in [0.25, 0.3) is 82.9 Å². The Morgan fingerprint density at radius 2 is 0.597 bits per heavy atom. The zero-order valence-electron chi connectivity index (χ0n) is 34.4. The van der Waals surface area contributed by atoms with Gasteiger partial charge in [-0.3, -0.25) is 15.0 Å². The Kier molecular flexibility index (Phi) is 8.39. The Hall–Kier alpha value is -7.83. The lowest BCUT2D eigenvalue weighted by Gasteiger charge is -2.31. The third-order valence-corrected chi connectivity index (χ3v) is 12.8. The number of hydrogen-bond donors (Lipinski definition) is 0. The fourth-order valence-corrected chi connectivity index (χ4v) is 10.1. The van der Waals surface area contributed by atoms with Gasteiger partial charge in [-0.05, 0) is 132 Å². The largest absolute Gasteiger partial charge is 0.308 e. The van der Waals surface area contributed by atoms with E-state index in [9.17, 15) is 0 Å². The quantitative estimate of drug-likeness (QED) is 0.146. The van der Waals surface area contributed by atoms with Gasteiger partial charge in [-0.25, -0.2) is 0 Å². The van der Waals surface area contributed by atoms with Crippen molar-refractivity contribution in [2.45, 2.75) is 26.2 Å². The van der Waals surface area contributed by atoms with Crippen molar-refractivity contribution in [3.8, 4) is 17.1 Å². The first kappa shape index (κ1) is 36.1. The van der Waals surface area contributed by atoms with Crippen LogP contribution in [-0.2, 0) is 19.3 Å². The van der Waals surface area contributed by atoms with Gasteiger partial charge >= 0.3 is 0 Å². The van der Waals surface area contributed by atoms with E-state index in [0.717, 1.165) is 69.4 Å². The van der Waals surface area contributed by atoms with E-state index >= 15 is 0 Å². The smallest absolute Gasteiger partial charge is 0.0963 e. The van der Waals surface area contributed by atoms with Crippen LogP contribution in [0.2, 0.25) is 0 Å². The highest BCUT2D eigenvalue weighted by Gasteiger charge is 2.27.